The molecule has 2 N–H and O–H groups in total. The van der Waals surface area contributed by atoms with Gasteiger partial charge in [0.1, 0.15) is 17.0 Å². The molecule has 0 fully saturated rings. The van der Waals surface area contributed by atoms with Gasteiger partial charge in [0.15, 0.2) is 6.10 Å². The maximum atomic E-state index is 13.2. The molecule has 2 unspecified atom stereocenters. The minimum Gasteiger partial charge on any atom is -0.481 e. The standard InChI is InChI=1S/C19H18FNO4/c1-19(18(23)24,13-5-3-2-4-6-13)11-21-17(22)16-10-12-9-14(20)7-8-15(12)25-16/h2-9,16H,10-11H2,1H3,(H,21,22)(H,23,24). The van der Waals surface area contributed by atoms with Gasteiger partial charge in [-0.2, -0.15) is 0 Å². The fourth-order valence-electron chi connectivity index (χ4n) is 2.85. The number of carbonyl (C=O) groups excluding carboxylic acids is 1. The van der Waals surface area contributed by atoms with E-state index in [4.69, 9.17) is 4.74 Å². The molecule has 0 radical (unpaired) electrons. The first kappa shape index (κ1) is 17.0. The third-order valence-electron chi connectivity index (χ3n) is 4.49. The molecule has 1 aliphatic rings. The lowest BCUT2D eigenvalue weighted by molar-refractivity contribution is -0.143. The van der Waals surface area contributed by atoms with E-state index in [9.17, 15) is 19.1 Å². The lowest BCUT2D eigenvalue weighted by Gasteiger charge is -2.26. The highest BCUT2D eigenvalue weighted by Crippen LogP contribution is 2.29. The number of halogens is 1. The van der Waals surface area contributed by atoms with Gasteiger partial charge in [-0.3, -0.25) is 9.59 Å². The van der Waals surface area contributed by atoms with Crippen molar-refractivity contribution in [1.29, 1.82) is 0 Å². The molecule has 1 aliphatic heterocycles. The van der Waals surface area contributed by atoms with Gasteiger partial charge < -0.3 is 15.2 Å². The minimum absolute atomic E-state index is 0.0737. The number of fused-ring (bicyclic) bond motifs is 1. The molecule has 3 rings (SSSR count). The SMILES string of the molecule is CC(CNC(=O)C1Cc2cc(F)ccc2O1)(C(=O)O)c1ccccc1. The lowest BCUT2D eigenvalue weighted by atomic mass is 9.82. The number of ether oxygens (including phenoxy) is 1. The Morgan fingerprint density at radius 2 is 2.00 bits per heavy atom. The van der Waals surface area contributed by atoms with E-state index in [0.29, 0.717) is 16.9 Å². The molecular weight excluding hydrogens is 325 g/mol. The van der Waals surface area contributed by atoms with Crippen LogP contribution in [0.4, 0.5) is 4.39 Å². The highest BCUT2D eigenvalue weighted by Gasteiger charge is 2.37. The van der Waals surface area contributed by atoms with Gasteiger partial charge in [-0.25, -0.2) is 4.39 Å². The Morgan fingerprint density at radius 1 is 1.28 bits per heavy atom. The fraction of sp³-hybridized carbons (Fsp3) is 0.263. The van der Waals surface area contributed by atoms with Crippen LogP contribution in [-0.4, -0.2) is 29.6 Å². The van der Waals surface area contributed by atoms with Gasteiger partial charge in [0.2, 0.25) is 0 Å². The maximum absolute atomic E-state index is 13.2. The van der Waals surface area contributed by atoms with Crippen LogP contribution in [0.15, 0.2) is 48.5 Å². The van der Waals surface area contributed by atoms with E-state index in [1.807, 2.05) is 0 Å². The molecule has 0 aliphatic carbocycles. The molecule has 2 aromatic rings. The van der Waals surface area contributed by atoms with Crippen molar-refractivity contribution in [2.75, 3.05) is 6.54 Å². The zero-order valence-corrected chi connectivity index (χ0v) is 13.7. The number of nitrogens with one attached hydrogen (secondary N) is 1. The summed E-state index contributed by atoms with van der Waals surface area (Å²) in [6.45, 7) is 1.49. The molecule has 2 atom stereocenters. The van der Waals surface area contributed by atoms with E-state index in [1.165, 1.54) is 18.2 Å². The summed E-state index contributed by atoms with van der Waals surface area (Å²) < 4.78 is 18.8. The number of carboxylic acids is 1. The first-order chi connectivity index (χ1) is 11.9. The largest absolute Gasteiger partial charge is 0.481 e. The van der Waals surface area contributed by atoms with E-state index in [2.05, 4.69) is 5.32 Å². The fourth-order valence-corrected chi connectivity index (χ4v) is 2.85. The summed E-state index contributed by atoms with van der Waals surface area (Å²) in [5.74, 6) is -1.35. The van der Waals surface area contributed by atoms with Gasteiger partial charge in [0, 0.05) is 18.5 Å². The van der Waals surface area contributed by atoms with Crippen molar-refractivity contribution >= 4 is 11.9 Å². The molecule has 0 saturated carbocycles. The van der Waals surface area contributed by atoms with Crippen molar-refractivity contribution in [2.24, 2.45) is 0 Å². The van der Waals surface area contributed by atoms with Crippen LogP contribution in [0.25, 0.3) is 0 Å². The Balaban J connectivity index is 1.68. The predicted molar refractivity (Wildman–Crippen MR) is 89.0 cm³/mol. The van der Waals surface area contributed by atoms with Crippen LogP contribution in [0, 0.1) is 5.82 Å². The maximum Gasteiger partial charge on any atom is 0.315 e. The Bertz CT molecular complexity index is 808. The number of aliphatic carboxylic acids is 1. The summed E-state index contributed by atoms with van der Waals surface area (Å²) in [6, 6.07) is 12.8. The number of carboxylic acid groups (broad SMARTS) is 1. The second kappa shape index (κ2) is 6.55. The van der Waals surface area contributed by atoms with Gasteiger partial charge in [-0.05, 0) is 30.7 Å². The highest BCUT2D eigenvalue weighted by molar-refractivity contribution is 5.85. The van der Waals surface area contributed by atoms with Crippen molar-refractivity contribution in [3.8, 4) is 5.75 Å². The molecule has 0 bridgehead atoms. The van der Waals surface area contributed by atoms with Crippen molar-refractivity contribution in [2.45, 2.75) is 24.9 Å². The molecule has 0 saturated heterocycles. The second-order valence-corrected chi connectivity index (χ2v) is 6.28. The summed E-state index contributed by atoms with van der Waals surface area (Å²) >= 11 is 0. The molecular formula is C19H18FNO4. The van der Waals surface area contributed by atoms with Gasteiger partial charge in [0.25, 0.3) is 5.91 Å². The number of benzene rings is 2. The minimum atomic E-state index is -1.26. The van der Waals surface area contributed by atoms with Crippen LogP contribution in [0.5, 0.6) is 5.75 Å². The monoisotopic (exact) mass is 343 g/mol. The van der Waals surface area contributed by atoms with E-state index in [-0.39, 0.29) is 18.8 Å². The van der Waals surface area contributed by atoms with Gasteiger partial charge in [-0.15, -0.1) is 0 Å². The topological polar surface area (TPSA) is 75.6 Å². The zero-order valence-electron chi connectivity index (χ0n) is 13.7. The molecule has 0 aromatic heterocycles. The second-order valence-electron chi connectivity index (χ2n) is 6.28. The van der Waals surface area contributed by atoms with Crippen LogP contribution in [0.1, 0.15) is 18.1 Å². The van der Waals surface area contributed by atoms with Crippen LogP contribution >= 0.6 is 0 Å². The number of carbonyl (C=O) groups is 2. The Labute approximate surface area is 144 Å². The van der Waals surface area contributed by atoms with Gasteiger partial charge >= 0.3 is 5.97 Å². The predicted octanol–water partition coefficient (Wildman–Crippen LogP) is 2.29. The highest BCUT2D eigenvalue weighted by atomic mass is 19.1. The average Bonchev–Trinajstić information content (AvgIpc) is 3.03. The third-order valence-corrected chi connectivity index (χ3v) is 4.49. The smallest absolute Gasteiger partial charge is 0.315 e. The van der Waals surface area contributed by atoms with Gasteiger partial charge in [-0.1, -0.05) is 30.3 Å². The van der Waals surface area contributed by atoms with Crippen LogP contribution < -0.4 is 10.1 Å². The van der Waals surface area contributed by atoms with E-state index >= 15 is 0 Å². The normalized spacial score (nSPS) is 17.9. The van der Waals surface area contributed by atoms with Crippen molar-refractivity contribution in [3.05, 3.63) is 65.5 Å². The van der Waals surface area contributed by atoms with E-state index in [1.54, 1.807) is 37.3 Å². The van der Waals surface area contributed by atoms with Crippen molar-refractivity contribution in [1.82, 2.24) is 5.32 Å². The third kappa shape index (κ3) is 3.33. The van der Waals surface area contributed by atoms with E-state index in [0.717, 1.165) is 0 Å². The van der Waals surface area contributed by atoms with Crippen LogP contribution in [0.2, 0.25) is 0 Å². The first-order valence-electron chi connectivity index (χ1n) is 7.92. The van der Waals surface area contributed by atoms with Gasteiger partial charge in [0.05, 0.1) is 0 Å². The summed E-state index contributed by atoms with van der Waals surface area (Å²) in [4.78, 5) is 24.1. The van der Waals surface area contributed by atoms with Crippen molar-refractivity contribution in [3.63, 3.8) is 0 Å². The van der Waals surface area contributed by atoms with Crippen molar-refractivity contribution < 1.29 is 23.8 Å². The zero-order chi connectivity index (χ0) is 18.0. The molecule has 25 heavy (non-hydrogen) atoms. The van der Waals surface area contributed by atoms with Crippen LogP contribution in [-0.2, 0) is 21.4 Å². The Kier molecular flexibility index (Phi) is 4.44. The first-order valence-corrected chi connectivity index (χ1v) is 7.92. The average molecular weight is 343 g/mol. The molecule has 5 nitrogen and oxygen atoms in total. The number of hydrogen-bond donors (Lipinski definition) is 2. The Morgan fingerprint density at radius 3 is 2.68 bits per heavy atom. The lowest BCUT2D eigenvalue weighted by Crippen LogP contribution is -2.47. The summed E-state index contributed by atoms with van der Waals surface area (Å²) in [5.41, 5.74) is -0.0289. The molecule has 1 amide bonds. The summed E-state index contributed by atoms with van der Waals surface area (Å²) in [6.07, 6.45) is -0.528. The quantitative estimate of drug-likeness (QED) is 0.873. The molecule has 0 spiro atoms. The number of hydrogen-bond acceptors (Lipinski definition) is 3. The number of rotatable bonds is 5. The summed E-state index contributed by atoms with van der Waals surface area (Å²) in [7, 11) is 0. The molecule has 6 heteroatoms. The summed E-state index contributed by atoms with van der Waals surface area (Å²) in [5, 5.41) is 12.3. The molecule has 1 heterocycles. The van der Waals surface area contributed by atoms with Crippen LogP contribution in [0.3, 0.4) is 0 Å². The number of amides is 1. The molecule has 2 aromatic carbocycles. The Hall–Kier alpha value is -2.89. The van der Waals surface area contributed by atoms with E-state index < -0.39 is 23.4 Å². The molecule has 130 valence electrons.